The SMILES string of the molecule is CC(NC(=O)Cc1cc(F)cc(F)c1)C(=O)NC1CCc2ccccc2NC1=O. The van der Waals surface area contributed by atoms with Gasteiger partial charge in [-0.25, -0.2) is 8.78 Å². The van der Waals surface area contributed by atoms with Crippen molar-refractivity contribution in [3.05, 3.63) is 65.2 Å². The number of benzene rings is 2. The molecule has 6 nitrogen and oxygen atoms in total. The first-order chi connectivity index (χ1) is 13.8. The van der Waals surface area contributed by atoms with Crippen molar-refractivity contribution >= 4 is 23.4 Å². The summed E-state index contributed by atoms with van der Waals surface area (Å²) in [6.07, 6.45) is 0.773. The normalized spacial score (nSPS) is 16.8. The molecule has 0 spiro atoms. The van der Waals surface area contributed by atoms with Crippen molar-refractivity contribution in [2.45, 2.75) is 38.3 Å². The molecular formula is C21H21F2N3O3. The lowest BCUT2D eigenvalue weighted by molar-refractivity contribution is -0.130. The van der Waals surface area contributed by atoms with Gasteiger partial charge in [0, 0.05) is 11.8 Å². The molecule has 8 heteroatoms. The van der Waals surface area contributed by atoms with Crippen LogP contribution in [0.15, 0.2) is 42.5 Å². The monoisotopic (exact) mass is 401 g/mol. The maximum Gasteiger partial charge on any atom is 0.246 e. The highest BCUT2D eigenvalue weighted by molar-refractivity contribution is 5.99. The van der Waals surface area contributed by atoms with Gasteiger partial charge >= 0.3 is 0 Å². The Kier molecular flexibility index (Phi) is 6.21. The van der Waals surface area contributed by atoms with Crippen LogP contribution in [0.1, 0.15) is 24.5 Å². The second-order valence-corrected chi connectivity index (χ2v) is 6.99. The number of hydrogen-bond donors (Lipinski definition) is 3. The van der Waals surface area contributed by atoms with Crippen LogP contribution < -0.4 is 16.0 Å². The molecule has 0 aliphatic carbocycles. The number of nitrogens with one attached hydrogen (secondary N) is 3. The second-order valence-electron chi connectivity index (χ2n) is 6.99. The van der Waals surface area contributed by atoms with E-state index in [1.165, 1.54) is 6.92 Å². The molecule has 1 aliphatic rings. The number of rotatable bonds is 5. The Bertz CT molecular complexity index is 928. The van der Waals surface area contributed by atoms with E-state index in [0.29, 0.717) is 18.9 Å². The van der Waals surface area contributed by atoms with Crippen LogP contribution in [0.25, 0.3) is 0 Å². The summed E-state index contributed by atoms with van der Waals surface area (Å²) in [6, 6.07) is 8.60. The van der Waals surface area contributed by atoms with Crippen molar-refractivity contribution in [3.63, 3.8) is 0 Å². The molecule has 1 heterocycles. The van der Waals surface area contributed by atoms with Crippen molar-refractivity contribution in [1.82, 2.24) is 10.6 Å². The van der Waals surface area contributed by atoms with Crippen LogP contribution in [0.4, 0.5) is 14.5 Å². The average molecular weight is 401 g/mol. The first-order valence-corrected chi connectivity index (χ1v) is 9.25. The second kappa shape index (κ2) is 8.81. The van der Waals surface area contributed by atoms with E-state index in [9.17, 15) is 23.2 Å². The molecule has 0 saturated heterocycles. The van der Waals surface area contributed by atoms with Crippen molar-refractivity contribution in [1.29, 1.82) is 0 Å². The zero-order valence-corrected chi connectivity index (χ0v) is 15.8. The van der Waals surface area contributed by atoms with E-state index in [2.05, 4.69) is 16.0 Å². The van der Waals surface area contributed by atoms with Crippen LogP contribution in [-0.4, -0.2) is 29.8 Å². The molecule has 0 saturated carbocycles. The Morgan fingerprint density at radius 1 is 1.17 bits per heavy atom. The molecular weight excluding hydrogens is 380 g/mol. The first-order valence-electron chi connectivity index (χ1n) is 9.25. The van der Waals surface area contributed by atoms with E-state index < -0.39 is 35.5 Å². The summed E-state index contributed by atoms with van der Waals surface area (Å²) >= 11 is 0. The van der Waals surface area contributed by atoms with Crippen LogP contribution in [0.5, 0.6) is 0 Å². The number of amides is 3. The van der Waals surface area contributed by atoms with Gasteiger partial charge in [-0.3, -0.25) is 14.4 Å². The van der Waals surface area contributed by atoms with Crippen LogP contribution in [0, 0.1) is 11.6 Å². The molecule has 0 bridgehead atoms. The third-order valence-corrected chi connectivity index (χ3v) is 4.67. The summed E-state index contributed by atoms with van der Waals surface area (Å²) in [6.45, 7) is 1.47. The number of hydrogen-bond acceptors (Lipinski definition) is 3. The van der Waals surface area contributed by atoms with Crippen LogP contribution in [-0.2, 0) is 27.2 Å². The molecule has 3 rings (SSSR count). The van der Waals surface area contributed by atoms with Gasteiger partial charge in [-0.05, 0) is 49.1 Å². The lowest BCUT2D eigenvalue weighted by atomic mass is 10.1. The summed E-state index contributed by atoms with van der Waals surface area (Å²) < 4.78 is 26.4. The Labute approximate surface area is 166 Å². The molecule has 3 amide bonds. The van der Waals surface area contributed by atoms with Gasteiger partial charge in [0.1, 0.15) is 23.7 Å². The number of anilines is 1. The highest BCUT2D eigenvalue weighted by Gasteiger charge is 2.27. The fraction of sp³-hybridized carbons (Fsp3) is 0.286. The zero-order valence-electron chi connectivity index (χ0n) is 15.8. The Balaban J connectivity index is 1.55. The molecule has 0 aromatic heterocycles. The summed E-state index contributed by atoms with van der Waals surface area (Å²) in [5, 5.41) is 7.91. The lowest BCUT2D eigenvalue weighted by Gasteiger charge is -2.19. The molecule has 152 valence electrons. The third kappa shape index (κ3) is 5.37. The smallest absolute Gasteiger partial charge is 0.246 e. The molecule has 1 aliphatic heterocycles. The largest absolute Gasteiger partial charge is 0.344 e. The van der Waals surface area contributed by atoms with Crippen LogP contribution in [0.2, 0.25) is 0 Å². The molecule has 2 aromatic carbocycles. The van der Waals surface area contributed by atoms with E-state index in [4.69, 9.17) is 0 Å². The van der Waals surface area contributed by atoms with Crippen molar-refractivity contribution in [3.8, 4) is 0 Å². The highest BCUT2D eigenvalue weighted by Crippen LogP contribution is 2.21. The number of carbonyl (C=O) groups is 3. The number of para-hydroxylation sites is 1. The number of fused-ring (bicyclic) bond motifs is 1. The van der Waals surface area contributed by atoms with Gasteiger partial charge in [-0.1, -0.05) is 18.2 Å². The van der Waals surface area contributed by atoms with Gasteiger partial charge < -0.3 is 16.0 Å². The summed E-state index contributed by atoms with van der Waals surface area (Å²) in [5.74, 6) is -2.96. The van der Waals surface area contributed by atoms with Gasteiger partial charge in [-0.2, -0.15) is 0 Å². The molecule has 2 aromatic rings. The van der Waals surface area contributed by atoms with Gasteiger partial charge in [0.15, 0.2) is 0 Å². The fourth-order valence-corrected chi connectivity index (χ4v) is 3.20. The quantitative estimate of drug-likeness (QED) is 0.717. The lowest BCUT2D eigenvalue weighted by Crippen LogP contribution is -2.51. The van der Waals surface area contributed by atoms with Gasteiger partial charge in [0.25, 0.3) is 0 Å². The average Bonchev–Trinajstić information content (AvgIpc) is 2.79. The van der Waals surface area contributed by atoms with E-state index in [-0.39, 0.29) is 17.9 Å². The Hall–Kier alpha value is -3.29. The van der Waals surface area contributed by atoms with Crippen LogP contribution >= 0.6 is 0 Å². The standard InChI is InChI=1S/C21H21F2N3O3/c1-12(24-19(27)10-13-8-15(22)11-16(23)9-13)20(28)26-18-7-6-14-4-2-3-5-17(14)25-21(18)29/h2-5,8-9,11-12,18H,6-7,10H2,1H3,(H,24,27)(H,25,29)(H,26,28). The zero-order chi connectivity index (χ0) is 21.0. The maximum atomic E-state index is 13.2. The predicted octanol–water partition coefficient (Wildman–Crippen LogP) is 2.08. The first kappa shape index (κ1) is 20.4. The summed E-state index contributed by atoms with van der Waals surface area (Å²) in [7, 11) is 0. The molecule has 29 heavy (non-hydrogen) atoms. The van der Waals surface area contributed by atoms with E-state index in [1.807, 2.05) is 18.2 Å². The maximum absolute atomic E-state index is 13.2. The van der Waals surface area contributed by atoms with E-state index in [1.54, 1.807) is 6.07 Å². The number of aryl methyl sites for hydroxylation is 1. The van der Waals surface area contributed by atoms with E-state index >= 15 is 0 Å². The third-order valence-electron chi connectivity index (χ3n) is 4.67. The predicted molar refractivity (Wildman–Crippen MR) is 103 cm³/mol. The van der Waals surface area contributed by atoms with Gasteiger partial charge in [0.2, 0.25) is 17.7 Å². The minimum absolute atomic E-state index is 0.161. The minimum Gasteiger partial charge on any atom is -0.344 e. The molecule has 3 N–H and O–H groups in total. The van der Waals surface area contributed by atoms with Gasteiger partial charge in [0.05, 0.1) is 6.42 Å². The topological polar surface area (TPSA) is 87.3 Å². The number of carbonyl (C=O) groups excluding carboxylic acids is 3. The minimum atomic E-state index is -0.917. The molecule has 0 fully saturated rings. The highest BCUT2D eigenvalue weighted by atomic mass is 19.1. The van der Waals surface area contributed by atoms with Crippen molar-refractivity contribution < 1.29 is 23.2 Å². The summed E-state index contributed by atoms with van der Waals surface area (Å²) in [4.78, 5) is 36.9. The molecule has 0 radical (unpaired) electrons. The van der Waals surface area contributed by atoms with E-state index in [0.717, 1.165) is 23.4 Å². The molecule has 2 unspecified atom stereocenters. The Morgan fingerprint density at radius 2 is 1.86 bits per heavy atom. The van der Waals surface area contributed by atoms with Gasteiger partial charge in [-0.15, -0.1) is 0 Å². The summed E-state index contributed by atoms with van der Waals surface area (Å²) in [5.41, 5.74) is 1.87. The van der Waals surface area contributed by atoms with Crippen LogP contribution in [0.3, 0.4) is 0 Å². The van der Waals surface area contributed by atoms with Crippen molar-refractivity contribution in [2.75, 3.05) is 5.32 Å². The fourth-order valence-electron chi connectivity index (χ4n) is 3.20. The molecule has 2 atom stereocenters. The van der Waals surface area contributed by atoms with Crippen molar-refractivity contribution in [2.24, 2.45) is 0 Å². The number of halogens is 2. The Morgan fingerprint density at radius 3 is 2.59 bits per heavy atom.